The lowest BCUT2D eigenvalue weighted by Crippen LogP contribution is -2.31. The van der Waals surface area contributed by atoms with Crippen molar-refractivity contribution in [2.75, 3.05) is 5.32 Å². The van der Waals surface area contributed by atoms with Gasteiger partial charge in [-0.1, -0.05) is 29.8 Å². The number of nitrogens with one attached hydrogen (secondary N) is 2. The zero-order chi connectivity index (χ0) is 17.8. The molecule has 2 aromatic carbocycles. The van der Waals surface area contributed by atoms with Crippen LogP contribution in [0.2, 0.25) is 5.02 Å². The summed E-state index contributed by atoms with van der Waals surface area (Å²) in [5, 5.41) is 17.5. The van der Waals surface area contributed by atoms with Gasteiger partial charge < -0.3 is 10.6 Å². The van der Waals surface area contributed by atoms with E-state index in [9.17, 15) is 4.79 Å². The van der Waals surface area contributed by atoms with Gasteiger partial charge in [-0.3, -0.25) is 0 Å². The van der Waals surface area contributed by atoms with E-state index in [2.05, 4.69) is 26.2 Å². The Bertz CT molecular complexity index is 881. The van der Waals surface area contributed by atoms with Crippen LogP contribution in [0, 0.1) is 6.92 Å². The van der Waals surface area contributed by atoms with Crippen LogP contribution in [0.3, 0.4) is 0 Å². The van der Waals surface area contributed by atoms with E-state index < -0.39 is 0 Å². The van der Waals surface area contributed by atoms with Crippen LogP contribution in [-0.4, -0.2) is 26.2 Å². The average Bonchev–Trinajstić information content (AvgIpc) is 3.11. The molecule has 128 valence electrons. The summed E-state index contributed by atoms with van der Waals surface area (Å²) in [5.74, 6) is 0. The van der Waals surface area contributed by atoms with Crippen molar-refractivity contribution in [2.45, 2.75) is 19.9 Å². The molecule has 1 unspecified atom stereocenters. The number of aromatic nitrogens is 4. The Labute approximate surface area is 150 Å². The molecule has 0 radical (unpaired) electrons. The second-order valence-corrected chi connectivity index (χ2v) is 6.07. The van der Waals surface area contributed by atoms with Gasteiger partial charge in [-0.2, -0.15) is 0 Å². The average molecular weight is 357 g/mol. The summed E-state index contributed by atoms with van der Waals surface area (Å²) in [4.78, 5) is 12.3. The number of urea groups is 1. The predicted molar refractivity (Wildman–Crippen MR) is 95.9 cm³/mol. The largest absolute Gasteiger partial charge is 0.331 e. The Morgan fingerprint density at radius 1 is 1.24 bits per heavy atom. The molecular weight excluding hydrogens is 340 g/mol. The number of anilines is 1. The Morgan fingerprint density at radius 2 is 2.08 bits per heavy atom. The van der Waals surface area contributed by atoms with Gasteiger partial charge in [0.1, 0.15) is 6.33 Å². The standard InChI is InChI=1S/C17H17ClN6O/c1-11-6-7-15(9-16(11)24-10-19-22-23-24)21-17(25)20-12(2)13-4-3-5-14(18)8-13/h3-10,12H,1-2H3,(H2,20,21,25). The van der Waals surface area contributed by atoms with Crippen LogP contribution in [0.5, 0.6) is 0 Å². The second-order valence-electron chi connectivity index (χ2n) is 5.63. The maximum Gasteiger partial charge on any atom is 0.319 e. The smallest absolute Gasteiger partial charge is 0.319 e. The fraction of sp³-hybridized carbons (Fsp3) is 0.176. The number of amides is 2. The molecule has 0 aliphatic carbocycles. The minimum absolute atomic E-state index is 0.178. The van der Waals surface area contributed by atoms with Gasteiger partial charge in [0.2, 0.25) is 0 Å². The Kier molecular flexibility index (Phi) is 4.95. The van der Waals surface area contributed by atoms with Gasteiger partial charge in [-0.25, -0.2) is 9.48 Å². The third-order valence-electron chi connectivity index (χ3n) is 3.76. The zero-order valence-electron chi connectivity index (χ0n) is 13.8. The number of hydrogen-bond donors (Lipinski definition) is 2. The highest BCUT2D eigenvalue weighted by molar-refractivity contribution is 6.30. The number of carbonyl (C=O) groups excluding carboxylic acids is 1. The first-order valence-electron chi connectivity index (χ1n) is 7.70. The van der Waals surface area contributed by atoms with Crippen molar-refractivity contribution in [2.24, 2.45) is 0 Å². The molecule has 0 saturated heterocycles. The van der Waals surface area contributed by atoms with Gasteiger partial charge in [0.25, 0.3) is 0 Å². The highest BCUT2D eigenvalue weighted by atomic mass is 35.5. The molecule has 25 heavy (non-hydrogen) atoms. The Hall–Kier alpha value is -2.93. The van der Waals surface area contributed by atoms with Crippen LogP contribution < -0.4 is 10.6 Å². The molecule has 0 saturated carbocycles. The van der Waals surface area contributed by atoms with E-state index in [1.807, 2.05) is 50.2 Å². The SMILES string of the molecule is Cc1ccc(NC(=O)NC(C)c2cccc(Cl)c2)cc1-n1cnnn1. The lowest BCUT2D eigenvalue weighted by atomic mass is 10.1. The van der Waals surface area contributed by atoms with E-state index in [1.54, 1.807) is 10.7 Å². The quantitative estimate of drug-likeness (QED) is 0.749. The van der Waals surface area contributed by atoms with Crippen molar-refractivity contribution in [1.82, 2.24) is 25.5 Å². The van der Waals surface area contributed by atoms with Crippen molar-refractivity contribution in [3.63, 3.8) is 0 Å². The van der Waals surface area contributed by atoms with Crippen molar-refractivity contribution in [3.8, 4) is 5.69 Å². The van der Waals surface area contributed by atoms with Crippen molar-refractivity contribution in [3.05, 3.63) is 64.9 Å². The molecule has 0 aliphatic heterocycles. The lowest BCUT2D eigenvalue weighted by Gasteiger charge is -2.16. The highest BCUT2D eigenvalue weighted by Crippen LogP contribution is 2.20. The Balaban J connectivity index is 1.70. The number of rotatable bonds is 4. The molecule has 3 rings (SSSR count). The van der Waals surface area contributed by atoms with Crippen LogP contribution in [0.4, 0.5) is 10.5 Å². The first-order valence-corrected chi connectivity index (χ1v) is 8.08. The number of benzene rings is 2. The predicted octanol–water partition coefficient (Wildman–Crippen LogP) is 3.51. The summed E-state index contributed by atoms with van der Waals surface area (Å²) in [6.07, 6.45) is 1.51. The van der Waals surface area contributed by atoms with Gasteiger partial charge in [0.15, 0.2) is 0 Å². The summed E-state index contributed by atoms with van der Waals surface area (Å²) in [6, 6.07) is 12.4. The minimum atomic E-state index is -0.306. The summed E-state index contributed by atoms with van der Waals surface area (Å²) in [6.45, 7) is 3.84. The maximum absolute atomic E-state index is 12.3. The minimum Gasteiger partial charge on any atom is -0.331 e. The molecule has 8 heteroatoms. The molecule has 0 aliphatic rings. The first-order chi connectivity index (χ1) is 12.0. The molecule has 0 fully saturated rings. The maximum atomic E-state index is 12.3. The van der Waals surface area contributed by atoms with E-state index in [0.29, 0.717) is 10.7 Å². The number of aryl methyl sites for hydroxylation is 1. The summed E-state index contributed by atoms with van der Waals surface area (Å²) in [7, 11) is 0. The normalized spacial score (nSPS) is 11.8. The number of nitrogens with zero attached hydrogens (tertiary/aromatic N) is 4. The monoisotopic (exact) mass is 356 g/mol. The molecule has 7 nitrogen and oxygen atoms in total. The summed E-state index contributed by atoms with van der Waals surface area (Å²) in [5.41, 5.74) is 3.36. The third-order valence-corrected chi connectivity index (χ3v) is 3.99. The fourth-order valence-corrected chi connectivity index (χ4v) is 2.63. The van der Waals surface area contributed by atoms with Gasteiger partial charge in [-0.15, -0.1) is 5.10 Å². The molecule has 3 aromatic rings. The summed E-state index contributed by atoms with van der Waals surface area (Å²) < 4.78 is 1.55. The number of halogens is 1. The van der Waals surface area contributed by atoms with E-state index in [4.69, 9.17) is 11.6 Å². The third kappa shape index (κ3) is 4.13. The molecule has 1 aromatic heterocycles. The number of tetrazole rings is 1. The number of hydrogen-bond acceptors (Lipinski definition) is 4. The molecule has 2 amide bonds. The van der Waals surface area contributed by atoms with Crippen LogP contribution >= 0.6 is 11.6 Å². The number of carbonyl (C=O) groups is 1. The van der Waals surface area contributed by atoms with E-state index in [0.717, 1.165) is 16.8 Å². The molecule has 1 heterocycles. The van der Waals surface area contributed by atoms with Gasteiger partial charge in [-0.05, 0) is 59.7 Å². The highest BCUT2D eigenvalue weighted by Gasteiger charge is 2.11. The van der Waals surface area contributed by atoms with Gasteiger partial charge in [0, 0.05) is 10.7 Å². The zero-order valence-corrected chi connectivity index (χ0v) is 14.5. The van der Waals surface area contributed by atoms with Crippen molar-refractivity contribution in [1.29, 1.82) is 0 Å². The summed E-state index contributed by atoms with van der Waals surface area (Å²) >= 11 is 5.99. The fourth-order valence-electron chi connectivity index (χ4n) is 2.43. The Morgan fingerprint density at radius 3 is 2.80 bits per heavy atom. The second kappa shape index (κ2) is 7.31. The van der Waals surface area contributed by atoms with Crippen LogP contribution in [0.25, 0.3) is 5.69 Å². The molecule has 0 bridgehead atoms. The van der Waals surface area contributed by atoms with Crippen LogP contribution in [0.1, 0.15) is 24.1 Å². The molecule has 0 spiro atoms. The van der Waals surface area contributed by atoms with E-state index in [-0.39, 0.29) is 12.1 Å². The van der Waals surface area contributed by atoms with Crippen molar-refractivity contribution < 1.29 is 4.79 Å². The van der Waals surface area contributed by atoms with E-state index >= 15 is 0 Å². The lowest BCUT2D eigenvalue weighted by molar-refractivity contribution is 0.249. The van der Waals surface area contributed by atoms with Crippen LogP contribution in [0.15, 0.2) is 48.8 Å². The molecule has 1 atom stereocenters. The van der Waals surface area contributed by atoms with Gasteiger partial charge >= 0.3 is 6.03 Å². The van der Waals surface area contributed by atoms with Gasteiger partial charge in [0.05, 0.1) is 11.7 Å². The van der Waals surface area contributed by atoms with Crippen molar-refractivity contribution >= 4 is 23.3 Å². The molecule has 2 N–H and O–H groups in total. The molecular formula is C17H17ClN6O. The first kappa shape index (κ1) is 16.9. The van der Waals surface area contributed by atoms with Crippen LogP contribution in [-0.2, 0) is 0 Å². The van der Waals surface area contributed by atoms with E-state index in [1.165, 1.54) is 6.33 Å². The topological polar surface area (TPSA) is 84.7 Å².